The molecule has 0 N–H and O–H groups in total. The maximum absolute atomic E-state index is 5.51. The van der Waals surface area contributed by atoms with Gasteiger partial charge in [-0.15, -0.1) is 0 Å². The molecule has 5 heteroatoms. The van der Waals surface area contributed by atoms with Crippen LogP contribution >= 0.6 is 0 Å². The Balaban J connectivity index is 2.24. The fraction of sp³-hybridized carbons (Fsp3) is 0. The summed E-state index contributed by atoms with van der Waals surface area (Å²) in [6, 6.07) is 0. The SMILES string of the molecule is B1OC2=C(C=CN=C=C2)n2ccnc21. The van der Waals surface area contributed by atoms with Crippen LogP contribution in [0.5, 0.6) is 0 Å². The lowest BCUT2D eigenvalue weighted by molar-refractivity contribution is 0.475. The van der Waals surface area contributed by atoms with Gasteiger partial charge in [-0.25, -0.2) is 9.98 Å². The topological polar surface area (TPSA) is 39.4 Å². The molecule has 1 aromatic rings. The van der Waals surface area contributed by atoms with E-state index in [1.165, 1.54) is 0 Å². The van der Waals surface area contributed by atoms with E-state index in [-0.39, 0.29) is 0 Å². The quantitative estimate of drug-likeness (QED) is 0.523. The molecule has 0 amide bonds. The Morgan fingerprint density at radius 2 is 2.50 bits per heavy atom. The maximum Gasteiger partial charge on any atom is 0.412 e. The molecule has 2 aliphatic heterocycles. The zero-order valence-corrected chi connectivity index (χ0v) is 7.34. The number of hydrogen-bond acceptors (Lipinski definition) is 3. The summed E-state index contributed by atoms with van der Waals surface area (Å²) in [6.07, 6.45) is 8.99. The van der Waals surface area contributed by atoms with E-state index >= 15 is 0 Å². The molecule has 0 saturated heterocycles. The van der Waals surface area contributed by atoms with Gasteiger partial charge >= 0.3 is 7.48 Å². The van der Waals surface area contributed by atoms with Crippen LogP contribution < -0.4 is 5.72 Å². The first-order valence-electron chi connectivity index (χ1n) is 4.30. The molecule has 3 heterocycles. The van der Waals surface area contributed by atoms with Gasteiger partial charge < -0.3 is 9.22 Å². The van der Waals surface area contributed by atoms with E-state index in [4.69, 9.17) is 4.65 Å². The highest BCUT2D eigenvalue weighted by atomic mass is 16.4. The Hall–Kier alpha value is -2.00. The average Bonchev–Trinajstić information content (AvgIpc) is 2.55. The van der Waals surface area contributed by atoms with E-state index in [2.05, 4.69) is 15.8 Å². The fourth-order valence-corrected chi connectivity index (χ4v) is 1.52. The van der Waals surface area contributed by atoms with Gasteiger partial charge in [-0.2, -0.15) is 0 Å². The van der Waals surface area contributed by atoms with Crippen molar-refractivity contribution in [3.05, 3.63) is 36.5 Å². The molecule has 0 radical (unpaired) electrons. The Kier molecular flexibility index (Phi) is 1.46. The summed E-state index contributed by atoms with van der Waals surface area (Å²) in [7, 11) is 0.498. The van der Waals surface area contributed by atoms with Gasteiger partial charge in [-0.3, -0.25) is 0 Å². The highest BCUT2D eigenvalue weighted by molar-refractivity contribution is 6.46. The average molecular weight is 183 g/mol. The lowest BCUT2D eigenvalue weighted by Gasteiger charge is -2.17. The minimum absolute atomic E-state index is 0.498. The summed E-state index contributed by atoms with van der Waals surface area (Å²) >= 11 is 0. The van der Waals surface area contributed by atoms with E-state index < -0.39 is 0 Å². The van der Waals surface area contributed by atoms with Gasteiger partial charge in [-0.05, 0) is 11.9 Å². The Morgan fingerprint density at radius 1 is 1.50 bits per heavy atom. The number of aromatic nitrogens is 2. The standard InChI is InChI=1S/C9H6BN3O/c1-3-11-4-2-8-7(1)13-6-5-12-9(13)10-14-8/h1-3,5-6,10H. The van der Waals surface area contributed by atoms with Crippen LogP contribution in [0.25, 0.3) is 5.70 Å². The third-order valence-corrected chi connectivity index (χ3v) is 2.16. The van der Waals surface area contributed by atoms with Crippen molar-refractivity contribution in [2.75, 3.05) is 0 Å². The van der Waals surface area contributed by atoms with Gasteiger partial charge in [0.2, 0.25) is 0 Å². The van der Waals surface area contributed by atoms with Crippen LogP contribution in [0.1, 0.15) is 0 Å². The predicted molar refractivity (Wildman–Crippen MR) is 54.5 cm³/mol. The first-order chi connectivity index (χ1) is 6.95. The molecule has 0 fully saturated rings. The van der Waals surface area contributed by atoms with E-state index in [9.17, 15) is 0 Å². The second-order valence-corrected chi connectivity index (χ2v) is 2.97. The third-order valence-electron chi connectivity index (χ3n) is 2.16. The number of rotatable bonds is 0. The summed E-state index contributed by atoms with van der Waals surface area (Å²) in [5.74, 6) is 3.55. The molecule has 0 aliphatic carbocycles. The Labute approximate surface area is 81.2 Å². The van der Waals surface area contributed by atoms with Gasteiger partial charge in [0.05, 0.1) is 5.70 Å². The molecule has 2 aliphatic rings. The van der Waals surface area contributed by atoms with Crippen LogP contribution in [0.15, 0.2) is 41.5 Å². The smallest absolute Gasteiger partial charge is 0.412 e. The van der Waals surface area contributed by atoms with Crippen molar-refractivity contribution >= 4 is 24.8 Å². The molecule has 14 heavy (non-hydrogen) atoms. The van der Waals surface area contributed by atoms with Gasteiger partial charge in [-0.1, -0.05) is 0 Å². The molecule has 0 saturated carbocycles. The number of imidazole rings is 1. The van der Waals surface area contributed by atoms with E-state index in [1.54, 1.807) is 18.5 Å². The second-order valence-electron chi connectivity index (χ2n) is 2.97. The van der Waals surface area contributed by atoms with Crippen molar-refractivity contribution in [3.8, 4) is 0 Å². The summed E-state index contributed by atoms with van der Waals surface area (Å²) in [6.45, 7) is 0. The number of aliphatic imine (C=N–C) groups is 1. The lowest BCUT2D eigenvalue weighted by Crippen LogP contribution is -2.32. The second kappa shape index (κ2) is 2.75. The van der Waals surface area contributed by atoms with Crippen molar-refractivity contribution in [3.63, 3.8) is 0 Å². The summed E-state index contributed by atoms with van der Waals surface area (Å²) in [5, 5.41) is 0. The largest absolute Gasteiger partial charge is 0.554 e. The monoisotopic (exact) mass is 183 g/mol. The Morgan fingerprint density at radius 3 is 3.50 bits per heavy atom. The van der Waals surface area contributed by atoms with E-state index in [1.807, 2.05) is 16.8 Å². The van der Waals surface area contributed by atoms with Crippen molar-refractivity contribution < 1.29 is 4.65 Å². The fourth-order valence-electron chi connectivity index (χ4n) is 1.52. The zero-order valence-electron chi connectivity index (χ0n) is 7.34. The highest BCUT2D eigenvalue weighted by Gasteiger charge is 2.19. The molecule has 0 unspecified atom stereocenters. The summed E-state index contributed by atoms with van der Waals surface area (Å²) in [4.78, 5) is 8.09. The minimum atomic E-state index is 0.498. The van der Waals surface area contributed by atoms with Crippen LogP contribution in [0, 0.1) is 0 Å². The normalized spacial score (nSPS) is 16.9. The third kappa shape index (κ3) is 0.964. The molecule has 0 aromatic carbocycles. The highest BCUT2D eigenvalue weighted by Crippen LogP contribution is 2.17. The lowest BCUT2D eigenvalue weighted by atomic mass is 9.97. The molecule has 3 rings (SSSR count). The van der Waals surface area contributed by atoms with Crippen molar-refractivity contribution in [2.45, 2.75) is 0 Å². The van der Waals surface area contributed by atoms with Crippen LogP contribution in [0.2, 0.25) is 0 Å². The summed E-state index contributed by atoms with van der Waals surface area (Å²) < 4.78 is 7.51. The maximum atomic E-state index is 5.51. The summed E-state index contributed by atoms with van der Waals surface area (Å²) in [5.41, 5.74) is 1.86. The molecule has 66 valence electrons. The van der Waals surface area contributed by atoms with Gasteiger partial charge in [0.1, 0.15) is 11.5 Å². The van der Waals surface area contributed by atoms with Crippen LogP contribution in [-0.2, 0) is 4.65 Å². The zero-order chi connectivity index (χ0) is 9.38. The van der Waals surface area contributed by atoms with E-state index in [0.29, 0.717) is 7.48 Å². The van der Waals surface area contributed by atoms with Crippen LogP contribution in [0.4, 0.5) is 0 Å². The van der Waals surface area contributed by atoms with Crippen molar-refractivity contribution in [2.24, 2.45) is 4.99 Å². The minimum Gasteiger partial charge on any atom is -0.554 e. The van der Waals surface area contributed by atoms with Crippen LogP contribution in [-0.4, -0.2) is 22.9 Å². The van der Waals surface area contributed by atoms with Crippen LogP contribution in [0.3, 0.4) is 0 Å². The number of fused-ring (bicyclic) bond motifs is 2. The van der Waals surface area contributed by atoms with Crippen molar-refractivity contribution in [1.82, 2.24) is 9.55 Å². The number of nitrogens with zero attached hydrogens (tertiary/aromatic N) is 3. The van der Waals surface area contributed by atoms with Gasteiger partial charge in [0, 0.05) is 24.7 Å². The molecule has 1 aromatic heterocycles. The molecule has 0 spiro atoms. The molecule has 0 atom stereocenters. The van der Waals surface area contributed by atoms with Gasteiger partial charge in [0.15, 0.2) is 0 Å². The molecular formula is C9H6BN3O. The molecule has 4 nitrogen and oxygen atoms in total. The first kappa shape index (κ1) is 7.41. The number of hydrogen-bond donors (Lipinski definition) is 0. The van der Waals surface area contributed by atoms with Gasteiger partial charge in [0.25, 0.3) is 0 Å². The Bertz CT molecular complexity index is 506. The predicted octanol–water partition coefficient (Wildman–Crippen LogP) is -0.188. The molecule has 0 bridgehead atoms. The molecular weight excluding hydrogens is 177 g/mol. The first-order valence-corrected chi connectivity index (χ1v) is 4.30. The number of allylic oxidation sites excluding steroid dienone is 3. The van der Waals surface area contributed by atoms with E-state index in [0.717, 1.165) is 17.2 Å². The van der Waals surface area contributed by atoms with Crippen molar-refractivity contribution in [1.29, 1.82) is 0 Å².